The average molecular weight is 206 g/mol. The lowest BCUT2D eigenvalue weighted by Crippen LogP contribution is -2.41. The summed E-state index contributed by atoms with van der Waals surface area (Å²) >= 11 is 5.63. The molecule has 0 aromatic heterocycles. The number of carbonyl (C=O) groups excluding carboxylic acids is 1. The van der Waals surface area contributed by atoms with Crippen molar-refractivity contribution in [2.24, 2.45) is 5.41 Å². The van der Waals surface area contributed by atoms with E-state index in [1.54, 1.807) is 0 Å². The summed E-state index contributed by atoms with van der Waals surface area (Å²) < 4.78 is 0. The van der Waals surface area contributed by atoms with Gasteiger partial charge in [0.15, 0.2) is 0 Å². The third kappa shape index (κ3) is 4.51. The number of alkyl halides is 1. The van der Waals surface area contributed by atoms with E-state index in [4.69, 9.17) is 11.6 Å². The quantitative estimate of drug-likeness (QED) is 0.646. The van der Waals surface area contributed by atoms with Crippen LogP contribution in [-0.2, 0) is 4.79 Å². The van der Waals surface area contributed by atoms with Crippen LogP contribution in [0.15, 0.2) is 0 Å². The maximum Gasteiger partial charge on any atom is 0.227 e. The van der Waals surface area contributed by atoms with Crippen LogP contribution >= 0.6 is 11.6 Å². The molecule has 0 unspecified atom stereocenters. The van der Waals surface area contributed by atoms with Gasteiger partial charge in [-0.2, -0.15) is 0 Å². The largest absolute Gasteiger partial charge is 0.341 e. The smallest absolute Gasteiger partial charge is 0.227 e. The second-order valence-corrected chi connectivity index (χ2v) is 4.61. The van der Waals surface area contributed by atoms with Crippen LogP contribution in [0.25, 0.3) is 0 Å². The van der Waals surface area contributed by atoms with Crippen molar-refractivity contribution in [2.75, 3.05) is 19.0 Å². The molecule has 0 aliphatic carbocycles. The van der Waals surface area contributed by atoms with Crippen LogP contribution in [-0.4, -0.2) is 29.8 Å². The van der Waals surface area contributed by atoms with Gasteiger partial charge in [0.2, 0.25) is 5.91 Å². The summed E-state index contributed by atoms with van der Waals surface area (Å²) in [6, 6.07) is 0. The van der Waals surface area contributed by atoms with E-state index < -0.39 is 0 Å². The summed E-state index contributed by atoms with van der Waals surface area (Å²) in [5.74, 6) is 0.706. The minimum Gasteiger partial charge on any atom is -0.341 e. The number of hydrogen-bond donors (Lipinski definition) is 0. The molecule has 78 valence electrons. The predicted octanol–water partition coefficient (Wildman–Crippen LogP) is 2.51. The number of rotatable bonds is 4. The van der Waals surface area contributed by atoms with Gasteiger partial charge < -0.3 is 4.90 Å². The molecule has 0 atom stereocenters. The molecule has 0 aliphatic rings. The van der Waals surface area contributed by atoms with Crippen molar-refractivity contribution in [2.45, 2.75) is 34.1 Å². The van der Waals surface area contributed by atoms with Crippen LogP contribution in [0.3, 0.4) is 0 Å². The molecule has 0 aliphatic heterocycles. The highest BCUT2D eigenvalue weighted by Crippen LogP contribution is 2.17. The Bertz CT molecular complexity index is 157. The molecule has 0 aromatic carbocycles. The highest BCUT2D eigenvalue weighted by Gasteiger charge is 2.26. The lowest BCUT2D eigenvalue weighted by atomic mass is 9.94. The van der Waals surface area contributed by atoms with E-state index in [0.29, 0.717) is 12.4 Å². The molecule has 0 N–H and O–H groups in total. The Morgan fingerprint density at radius 2 is 1.85 bits per heavy atom. The number of nitrogens with zero attached hydrogens (tertiary/aromatic N) is 1. The molecule has 0 heterocycles. The van der Waals surface area contributed by atoms with Crippen LogP contribution in [0, 0.1) is 5.41 Å². The Hall–Kier alpha value is -0.240. The van der Waals surface area contributed by atoms with Crippen molar-refractivity contribution in [1.82, 2.24) is 4.90 Å². The summed E-state index contributed by atoms with van der Waals surface area (Å²) in [6.07, 6.45) is 0.985. The lowest BCUT2D eigenvalue weighted by molar-refractivity contribution is -0.139. The molecular formula is C10H20ClNO. The molecule has 0 aromatic rings. The van der Waals surface area contributed by atoms with Crippen LogP contribution in [0.4, 0.5) is 0 Å². The van der Waals surface area contributed by atoms with Crippen LogP contribution < -0.4 is 0 Å². The third-order valence-corrected chi connectivity index (χ3v) is 1.95. The Morgan fingerprint density at radius 3 is 2.15 bits per heavy atom. The number of hydrogen-bond acceptors (Lipinski definition) is 1. The zero-order valence-corrected chi connectivity index (χ0v) is 9.82. The molecule has 1 amide bonds. The fraction of sp³-hybridized carbons (Fsp3) is 0.900. The molecule has 0 saturated heterocycles. The fourth-order valence-electron chi connectivity index (χ4n) is 1.16. The Morgan fingerprint density at radius 1 is 1.31 bits per heavy atom. The first kappa shape index (κ1) is 12.8. The molecule has 13 heavy (non-hydrogen) atoms. The van der Waals surface area contributed by atoms with Gasteiger partial charge in [-0.05, 0) is 6.42 Å². The first-order valence-corrected chi connectivity index (χ1v) is 5.32. The van der Waals surface area contributed by atoms with Crippen molar-refractivity contribution < 1.29 is 4.79 Å². The van der Waals surface area contributed by atoms with Crippen molar-refractivity contribution in [3.8, 4) is 0 Å². The minimum absolute atomic E-state index is 0.190. The van der Waals surface area contributed by atoms with Crippen LogP contribution in [0.1, 0.15) is 34.1 Å². The van der Waals surface area contributed by atoms with Crippen LogP contribution in [0.5, 0.6) is 0 Å². The van der Waals surface area contributed by atoms with Gasteiger partial charge in [0, 0.05) is 24.4 Å². The molecule has 0 fully saturated rings. The van der Waals surface area contributed by atoms with E-state index in [1.165, 1.54) is 0 Å². The van der Waals surface area contributed by atoms with Gasteiger partial charge in [-0.15, -0.1) is 11.6 Å². The zero-order chi connectivity index (χ0) is 10.5. The predicted molar refractivity (Wildman–Crippen MR) is 57.0 cm³/mol. The topological polar surface area (TPSA) is 20.3 Å². The SMILES string of the molecule is CCCN(CCCl)C(=O)C(C)(C)C. The summed E-state index contributed by atoms with van der Waals surface area (Å²) in [4.78, 5) is 13.7. The van der Waals surface area contributed by atoms with Gasteiger partial charge in [0.1, 0.15) is 0 Å². The molecule has 0 bridgehead atoms. The van der Waals surface area contributed by atoms with E-state index in [2.05, 4.69) is 6.92 Å². The van der Waals surface area contributed by atoms with Gasteiger partial charge in [0.05, 0.1) is 0 Å². The highest BCUT2D eigenvalue weighted by atomic mass is 35.5. The van der Waals surface area contributed by atoms with Gasteiger partial charge in [-0.1, -0.05) is 27.7 Å². The van der Waals surface area contributed by atoms with Gasteiger partial charge in [0.25, 0.3) is 0 Å². The highest BCUT2D eigenvalue weighted by molar-refractivity contribution is 6.18. The number of carbonyl (C=O) groups is 1. The second-order valence-electron chi connectivity index (χ2n) is 4.23. The first-order chi connectivity index (χ1) is 5.93. The Labute approximate surface area is 86.2 Å². The average Bonchev–Trinajstić information content (AvgIpc) is 2.01. The minimum atomic E-state index is -0.290. The zero-order valence-electron chi connectivity index (χ0n) is 9.06. The van der Waals surface area contributed by atoms with Crippen molar-refractivity contribution in [1.29, 1.82) is 0 Å². The van der Waals surface area contributed by atoms with E-state index in [1.807, 2.05) is 25.7 Å². The summed E-state index contributed by atoms with van der Waals surface area (Å²) in [5, 5.41) is 0. The van der Waals surface area contributed by atoms with Gasteiger partial charge in [-0.25, -0.2) is 0 Å². The normalized spacial score (nSPS) is 11.5. The maximum absolute atomic E-state index is 11.8. The second kappa shape index (κ2) is 5.48. The van der Waals surface area contributed by atoms with Crippen molar-refractivity contribution >= 4 is 17.5 Å². The molecule has 0 radical (unpaired) electrons. The van der Waals surface area contributed by atoms with Crippen molar-refractivity contribution in [3.63, 3.8) is 0 Å². The lowest BCUT2D eigenvalue weighted by Gasteiger charge is -2.28. The molecular weight excluding hydrogens is 186 g/mol. The number of amides is 1. The van der Waals surface area contributed by atoms with Crippen LogP contribution in [0.2, 0.25) is 0 Å². The summed E-state index contributed by atoms with van der Waals surface area (Å²) in [7, 11) is 0. The van der Waals surface area contributed by atoms with Crippen molar-refractivity contribution in [3.05, 3.63) is 0 Å². The summed E-state index contributed by atoms with van der Waals surface area (Å²) in [5.41, 5.74) is -0.290. The first-order valence-electron chi connectivity index (χ1n) is 4.78. The van der Waals surface area contributed by atoms with Gasteiger partial charge >= 0.3 is 0 Å². The third-order valence-electron chi connectivity index (χ3n) is 1.78. The Balaban J connectivity index is 4.27. The molecule has 3 heteroatoms. The molecule has 0 spiro atoms. The van der Waals surface area contributed by atoms with E-state index in [0.717, 1.165) is 13.0 Å². The summed E-state index contributed by atoms with van der Waals surface area (Å²) in [6.45, 7) is 9.34. The standard InChI is InChI=1S/C10H20ClNO/c1-5-7-12(8-6-11)9(13)10(2,3)4/h5-8H2,1-4H3. The van der Waals surface area contributed by atoms with E-state index in [-0.39, 0.29) is 11.3 Å². The van der Waals surface area contributed by atoms with E-state index in [9.17, 15) is 4.79 Å². The molecule has 0 saturated carbocycles. The van der Waals surface area contributed by atoms with E-state index >= 15 is 0 Å². The fourth-order valence-corrected chi connectivity index (χ4v) is 1.37. The Kier molecular flexibility index (Phi) is 5.38. The number of halogens is 1. The maximum atomic E-state index is 11.8. The molecule has 2 nitrogen and oxygen atoms in total. The molecule has 0 rings (SSSR count). The van der Waals surface area contributed by atoms with Gasteiger partial charge in [-0.3, -0.25) is 4.79 Å². The monoisotopic (exact) mass is 205 g/mol.